The van der Waals surface area contributed by atoms with Gasteiger partial charge in [-0.2, -0.15) is 0 Å². The maximum atomic E-state index is 6.08. The van der Waals surface area contributed by atoms with E-state index in [9.17, 15) is 0 Å². The van der Waals surface area contributed by atoms with E-state index in [2.05, 4.69) is 43.7 Å². The van der Waals surface area contributed by atoms with Gasteiger partial charge in [-0.3, -0.25) is 9.88 Å². The molecule has 3 aromatic rings. The Balaban J connectivity index is 1.16. The summed E-state index contributed by atoms with van der Waals surface area (Å²) < 4.78 is 24.7. The average Bonchev–Trinajstić information content (AvgIpc) is 3.60. The van der Waals surface area contributed by atoms with Crippen LogP contribution in [-0.4, -0.2) is 70.3 Å². The van der Waals surface area contributed by atoms with Crippen molar-refractivity contribution in [2.45, 2.75) is 45.1 Å². The fraction of sp³-hybridized carbons (Fsp3) is 0.464. The number of hydrogen-bond acceptors (Lipinski definition) is 8. The summed E-state index contributed by atoms with van der Waals surface area (Å²) in [4.78, 5) is 11.2. The Morgan fingerprint density at radius 3 is 2.86 bits per heavy atom. The molecule has 0 saturated carbocycles. The molecular formula is C28H31N5O4. The van der Waals surface area contributed by atoms with Crippen LogP contribution in [0.5, 0.6) is 0 Å². The van der Waals surface area contributed by atoms with Crippen LogP contribution in [0, 0.1) is 23.7 Å². The summed E-state index contributed by atoms with van der Waals surface area (Å²) in [5.41, 5.74) is 2.26. The predicted molar refractivity (Wildman–Crippen MR) is 136 cm³/mol. The van der Waals surface area contributed by atoms with E-state index in [4.69, 9.17) is 18.7 Å². The smallest absolute Gasteiger partial charge is 0.185 e. The van der Waals surface area contributed by atoms with Gasteiger partial charge in [-0.15, -0.1) is 0 Å². The third-order valence-corrected chi connectivity index (χ3v) is 6.28. The minimum atomic E-state index is -0.191. The molecule has 5 heterocycles. The number of pyridine rings is 1. The normalized spacial score (nSPS) is 18.9. The van der Waals surface area contributed by atoms with E-state index in [1.807, 2.05) is 35.9 Å². The van der Waals surface area contributed by atoms with Crippen LogP contribution in [0.4, 0.5) is 0 Å². The van der Waals surface area contributed by atoms with Gasteiger partial charge in [0.1, 0.15) is 23.3 Å². The Morgan fingerprint density at radius 2 is 2.05 bits per heavy atom. The number of nitrogens with zero attached hydrogens (tertiary/aromatic N) is 5. The van der Waals surface area contributed by atoms with Crippen molar-refractivity contribution in [3.05, 3.63) is 53.9 Å². The number of aromatic nitrogens is 4. The number of morpholine rings is 1. The Kier molecular flexibility index (Phi) is 8.62. The Bertz CT molecular complexity index is 1270. The second-order valence-corrected chi connectivity index (χ2v) is 9.04. The molecule has 0 N–H and O–H groups in total. The maximum absolute atomic E-state index is 6.08. The van der Waals surface area contributed by atoms with Crippen LogP contribution in [0.15, 0.2) is 41.3 Å². The van der Waals surface area contributed by atoms with Gasteiger partial charge in [0.2, 0.25) is 0 Å². The zero-order valence-corrected chi connectivity index (χ0v) is 21.1. The largest absolute Gasteiger partial charge is 0.379 e. The fourth-order valence-corrected chi connectivity index (χ4v) is 4.27. The van der Waals surface area contributed by atoms with Gasteiger partial charge < -0.3 is 23.3 Å². The van der Waals surface area contributed by atoms with Crippen molar-refractivity contribution in [2.24, 2.45) is 0 Å². The lowest BCUT2D eigenvalue weighted by Gasteiger charge is -2.26. The first-order valence-corrected chi connectivity index (χ1v) is 12.7. The van der Waals surface area contributed by atoms with Crippen molar-refractivity contribution < 1.29 is 18.7 Å². The van der Waals surface area contributed by atoms with E-state index in [0.29, 0.717) is 24.5 Å². The summed E-state index contributed by atoms with van der Waals surface area (Å²) >= 11 is 0. The monoisotopic (exact) mass is 501 g/mol. The summed E-state index contributed by atoms with van der Waals surface area (Å²) in [6.45, 7) is 7.36. The van der Waals surface area contributed by atoms with Gasteiger partial charge in [0, 0.05) is 49.9 Å². The molecule has 9 nitrogen and oxygen atoms in total. The Labute approximate surface area is 217 Å². The molecule has 2 aliphatic rings. The SMILES string of the molecule is C[C@H](OC1CCCCO1)c1nccn1Cc1cc(-c2ccc(C#CC#CCN3CCOCC3)cn2)on1. The van der Waals surface area contributed by atoms with Gasteiger partial charge in [0.05, 0.1) is 26.3 Å². The zero-order valence-electron chi connectivity index (χ0n) is 21.1. The molecular weight excluding hydrogens is 470 g/mol. The first kappa shape index (κ1) is 25.2. The van der Waals surface area contributed by atoms with Crippen LogP contribution < -0.4 is 0 Å². The van der Waals surface area contributed by atoms with Gasteiger partial charge in [0.25, 0.3) is 0 Å². The first-order chi connectivity index (χ1) is 18.2. The lowest BCUT2D eigenvalue weighted by atomic mass is 10.2. The van der Waals surface area contributed by atoms with Crippen LogP contribution in [0.25, 0.3) is 11.5 Å². The van der Waals surface area contributed by atoms with Gasteiger partial charge in [0.15, 0.2) is 12.1 Å². The minimum Gasteiger partial charge on any atom is -0.379 e. The summed E-state index contributed by atoms with van der Waals surface area (Å²) in [5, 5.41) is 4.23. The quantitative estimate of drug-likeness (QED) is 0.456. The third-order valence-electron chi connectivity index (χ3n) is 6.28. The first-order valence-electron chi connectivity index (χ1n) is 12.7. The third kappa shape index (κ3) is 7.06. The van der Waals surface area contributed by atoms with Crippen LogP contribution in [0.1, 0.15) is 49.4 Å². The van der Waals surface area contributed by atoms with E-state index >= 15 is 0 Å². The molecule has 2 atom stereocenters. The highest BCUT2D eigenvalue weighted by Crippen LogP contribution is 2.24. The van der Waals surface area contributed by atoms with Gasteiger partial charge >= 0.3 is 0 Å². The van der Waals surface area contributed by atoms with E-state index < -0.39 is 0 Å². The molecule has 5 rings (SSSR count). The summed E-state index contributed by atoms with van der Waals surface area (Å²) in [6.07, 6.45) is 8.17. The van der Waals surface area contributed by atoms with E-state index in [1.54, 1.807) is 12.4 Å². The zero-order chi connectivity index (χ0) is 25.3. The van der Waals surface area contributed by atoms with Crippen molar-refractivity contribution in [1.82, 2.24) is 24.6 Å². The minimum absolute atomic E-state index is 0.173. The van der Waals surface area contributed by atoms with Crippen molar-refractivity contribution in [1.29, 1.82) is 0 Å². The molecule has 0 bridgehead atoms. The van der Waals surface area contributed by atoms with Crippen molar-refractivity contribution in [3.8, 4) is 35.1 Å². The highest BCUT2D eigenvalue weighted by atomic mass is 16.7. The highest BCUT2D eigenvalue weighted by Gasteiger charge is 2.21. The molecule has 0 spiro atoms. The molecule has 2 aliphatic heterocycles. The molecule has 9 heteroatoms. The summed E-state index contributed by atoms with van der Waals surface area (Å²) in [7, 11) is 0. The Hall–Kier alpha value is -3.47. The molecule has 1 unspecified atom stereocenters. The number of ether oxygens (including phenoxy) is 3. The van der Waals surface area contributed by atoms with Crippen LogP contribution in [0.3, 0.4) is 0 Å². The van der Waals surface area contributed by atoms with E-state index in [-0.39, 0.29) is 12.4 Å². The van der Waals surface area contributed by atoms with Gasteiger partial charge in [-0.05, 0) is 50.2 Å². The molecule has 3 aromatic heterocycles. The number of rotatable bonds is 7. The molecule has 2 saturated heterocycles. The second kappa shape index (κ2) is 12.7. The molecule has 0 amide bonds. The molecule has 0 aliphatic carbocycles. The van der Waals surface area contributed by atoms with Crippen molar-refractivity contribution in [3.63, 3.8) is 0 Å². The molecule has 2 fully saturated rings. The fourth-order valence-electron chi connectivity index (χ4n) is 4.27. The Morgan fingerprint density at radius 1 is 1.14 bits per heavy atom. The van der Waals surface area contributed by atoms with Crippen LogP contribution in [-0.2, 0) is 20.8 Å². The topological polar surface area (TPSA) is 87.7 Å². The van der Waals surface area contributed by atoms with E-state index in [1.165, 1.54) is 0 Å². The van der Waals surface area contributed by atoms with E-state index in [0.717, 1.165) is 69.3 Å². The highest BCUT2D eigenvalue weighted by molar-refractivity contribution is 5.53. The average molecular weight is 502 g/mol. The van der Waals surface area contributed by atoms with Crippen molar-refractivity contribution >= 4 is 0 Å². The van der Waals surface area contributed by atoms with Gasteiger partial charge in [-0.1, -0.05) is 17.0 Å². The molecule has 0 radical (unpaired) electrons. The van der Waals surface area contributed by atoms with Crippen LogP contribution in [0.2, 0.25) is 0 Å². The maximum Gasteiger partial charge on any atom is 0.185 e. The van der Waals surface area contributed by atoms with Crippen molar-refractivity contribution in [2.75, 3.05) is 39.5 Å². The summed E-state index contributed by atoms with van der Waals surface area (Å²) in [6, 6.07) is 5.67. The number of hydrogen-bond donors (Lipinski definition) is 0. The standard InChI is InChI=1S/C28H31N5O4/c1-22(36-27-8-4-6-16-35-27)28-29-11-13-33(28)21-24-19-26(37-31-24)25-10-9-23(20-30-25)7-3-2-5-12-32-14-17-34-18-15-32/h9-11,13,19-20,22,27H,4,6,8,12,14-18,21H2,1H3/t22-,27?/m0/s1. The molecule has 192 valence electrons. The van der Waals surface area contributed by atoms with Gasteiger partial charge in [-0.25, -0.2) is 4.98 Å². The predicted octanol–water partition coefficient (Wildman–Crippen LogP) is 3.27. The summed E-state index contributed by atoms with van der Waals surface area (Å²) in [5.74, 6) is 13.4. The number of imidazole rings is 1. The lowest BCUT2D eigenvalue weighted by Crippen LogP contribution is -2.36. The molecule has 0 aromatic carbocycles. The van der Waals surface area contributed by atoms with Crippen LogP contribution >= 0.6 is 0 Å². The second-order valence-electron chi connectivity index (χ2n) is 9.04. The molecule has 37 heavy (non-hydrogen) atoms. The lowest BCUT2D eigenvalue weighted by molar-refractivity contribution is -0.188.